The fourth-order valence-electron chi connectivity index (χ4n) is 2.93. The standard InChI is InChI=1S/C22H16F2N2O2S3/c23-17-8-4-15(5-9-17)20-21(16-6-10-19(11-7-16)31(25,27)28)30-22(26-20)29-13-14-2-1-3-18(24)12-14/h1-12H,13H2,(H2,25,27,28). The summed E-state index contributed by atoms with van der Waals surface area (Å²) in [6, 6.07) is 18.6. The smallest absolute Gasteiger partial charge is 0.229 e. The summed E-state index contributed by atoms with van der Waals surface area (Å²) in [6.45, 7) is 0. The topological polar surface area (TPSA) is 73.1 Å². The zero-order chi connectivity index (χ0) is 22.0. The van der Waals surface area contributed by atoms with Gasteiger partial charge in [0.15, 0.2) is 4.34 Å². The van der Waals surface area contributed by atoms with Crippen molar-refractivity contribution < 1.29 is 17.2 Å². The molecule has 158 valence electrons. The zero-order valence-corrected chi connectivity index (χ0v) is 18.4. The summed E-state index contributed by atoms with van der Waals surface area (Å²) < 4.78 is 50.7. The number of primary sulfonamides is 1. The summed E-state index contributed by atoms with van der Waals surface area (Å²) in [6.07, 6.45) is 0. The average molecular weight is 475 g/mol. The molecule has 0 amide bonds. The number of hydrogen-bond donors (Lipinski definition) is 1. The minimum atomic E-state index is -3.80. The molecule has 4 aromatic rings. The first-order valence-corrected chi connectivity index (χ1v) is 12.4. The number of halogens is 2. The van der Waals surface area contributed by atoms with Gasteiger partial charge in [-0.1, -0.05) is 36.0 Å². The highest BCUT2D eigenvalue weighted by Crippen LogP contribution is 2.41. The lowest BCUT2D eigenvalue weighted by Gasteiger charge is -2.04. The fourth-order valence-corrected chi connectivity index (χ4v) is 5.56. The highest BCUT2D eigenvalue weighted by atomic mass is 32.2. The molecule has 3 aromatic carbocycles. The van der Waals surface area contributed by atoms with Gasteiger partial charge in [-0.15, -0.1) is 11.3 Å². The highest BCUT2D eigenvalue weighted by Gasteiger charge is 2.17. The molecular formula is C22H16F2N2O2S3. The molecule has 4 rings (SSSR count). The molecular weight excluding hydrogens is 458 g/mol. The number of nitrogens with zero attached hydrogens (tertiary/aromatic N) is 1. The van der Waals surface area contributed by atoms with Crippen LogP contribution in [0.5, 0.6) is 0 Å². The van der Waals surface area contributed by atoms with Crippen LogP contribution in [0, 0.1) is 11.6 Å². The van der Waals surface area contributed by atoms with Crippen molar-refractivity contribution in [2.75, 3.05) is 0 Å². The van der Waals surface area contributed by atoms with Crippen LogP contribution < -0.4 is 5.14 Å². The summed E-state index contributed by atoms with van der Waals surface area (Å²) in [4.78, 5) is 5.55. The molecule has 0 bridgehead atoms. The molecule has 2 N–H and O–H groups in total. The number of sulfonamides is 1. The summed E-state index contributed by atoms with van der Waals surface area (Å²) in [5.41, 5.74) is 3.00. The third-order valence-corrected chi connectivity index (χ3v) is 7.67. The summed E-state index contributed by atoms with van der Waals surface area (Å²) in [7, 11) is -3.80. The van der Waals surface area contributed by atoms with Crippen LogP contribution in [0.2, 0.25) is 0 Å². The SMILES string of the molecule is NS(=O)(=O)c1ccc(-c2sc(SCc3cccc(F)c3)nc2-c2ccc(F)cc2)cc1. The second-order valence-electron chi connectivity index (χ2n) is 6.65. The molecule has 0 fully saturated rings. The number of hydrogen-bond acceptors (Lipinski definition) is 5. The Morgan fingerprint density at radius 1 is 0.903 bits per heavy atom. The first kappa shape index (κ1) is 21.6. The molecule has 0 unspecified atom stereocenters. The van der Waals surface area contributed by atoms with Crippen molar-refractivity contribution in [3.05, 3.63) is 90.0 Å². The van der Waals surface area contributed by atoms with Gasteiger partial charge in [-0.25, -0.2) is 27.3 Å². The number of benzene rings is 3. The van der Waals surface area contributed by atoms with Gasteiger partial charge in [-0.2, -0.15) is 0 Å². The molecule has 1 aromatic heterocycles. The van der Waals surface area contributed by atoms with Crippen molar-refractivity contribution >= 4 is 33.1 Å². The van der Waals surface area contributed by atoms with E-state index in [9.17, 15) is 17.2 Å². The van der Waals surface area contributed by atoms with Crippen LogP contribution in [0.25, 0.3) is 21.7 Å². The first-order valence-electron chi connectivity index (χ1n) is 9.07. The van der Waals surface area contributed by atoms with Crippen molar-refractivity contribution in [1.82, 2.24) is 4.98 Å². The van der Waals surface area contributed by atoms with E-state index >= 15 is 0 Å². The Morgan fingerprint density at radius 3 is 2.23 bits per heavy atom. The van der Waals surface area contributed by atoms with Crippen molar-refractivity contribution in [3.63, 3.8) is 0 Å². The Balaban J connectivity index is 1.71. The second-order valence-corrected chi connectivity index (χ2v) is 10.4. The van der Waals surface area contributed by atoms with E-state index in [0.717, 1.165) is 25.9 Å². The van der Waals surface area contributed by atoms with Crippen LogP contribution in [-0.2, 0) is 15.8 Å². The van der Waals surface area contributed by atoms with Gasteiger partial charge in [0.25, 0.3) is 0 Å². The number of thiazole rings is 1. The van der Waals surface area contributed by atoms with E-state index in [4.69, 9.17) is 10.1 Å². The molecule has 0 saturated heterocycles. The van der Waals surface area contributed by atoms with Crippen molar-refractivity contribution in [3.8, 4) is 21.7 Å². The number of aromatic nitrogens is 1. The first-order chi connectivity index (χ1) is 14.8. The zero-order valence-electron chi connectivity index (χ0n) is 16.0. The highest BCUT2D eigenvalue weighted by molar-refractivity contribution is 8.00. The maximum absolute atomic E-state index is 13.4. The van der Waals surface area contributed by atoms with Crippen LogP contribution in [0.4, 0.5) is 8.78 Å². The van der Waals surface area contributed by atoms with Gasteiger partial charge in [0.2, 0.25) is 10.0 Å². The fraction of sp³-hybridized carbons (Fsp3) is 0.0455. The summed E-state index contributed by atoms with van der Waals surface area (Å²) in [5, 5.41) is 5.19. The molecule has 4 nitrogen and oxygen atoms in total. The molecule has 9 heteroatoms. The number of thioether (sulfide) groups is 1. The molecule has 0 radical (unpaired) electrons. The predicted molar refractivity (Wildman–Crippen MR) is 120 cm³/mol. The lowest BCUT2D eigenvalue weighted by atomic mass is 10.1. The van der Waals surface area contributed by atoms with Gasteiger partial charge in [-0.05, 0) is 59.7 Å². The van der Waals surface area contributed by atoms with Gasteiger partial charge in [0, 0.05) is 11.3 Å². The van der Waals surface area contributed by atoms with E-state index < -0.39 is 10.0 Å². The number of rotatable bonds is 6. The van der Waals surface area contributed by atoms with Crippen molar-refractivity contribution in [2.45, 2.75) is 15.0 Å². The third-order valence-electron chi connectivity index (χ3n) is 4.42. The van der Waals surface area contributed by atoms with E-state index in [1.54, 1.807) is 30.3 Å². The van der Waals surface area contributed by atoms with Gasteiger partial charge in [0.05, 0.1) is 15.5 Å². The molecule has 0 atom stereocenters. The van der Waals surface area contributed by atoms with Crippen LogP contribution in [0.3, 0.4) is 0 Å². The lowest BCUT2D eigenvalue weighted by molar-refractivity contribution is 0.598. The van der Waals surface area contributed by atoms with Gasteiger partial charge in [0.1, 0.15) is 11.6 Å². The maximum atomic E-state index is 13.4. The Hall–Kier alpha value is -2.59. The minimum absolute atomic E-state index is 0.0183. The Bertz CT molecular complexity index is 1320. The summed E-state index contributed by atoms with van der Waals surface area (Å²) in [5.74, 6) is -0.101. The summed E-state index contributed by atoms with van der Waals surface area (Å²) >= 11 is 2.90. The van der Waals surface area contributed by atoms with Crippen LogP contribution in [0.1, 0.15) is 5.56 Å². The molecule has 1 heterocycles. The van der Waals surface area contributed by atoms with Gasteiger partial charge in [-0.3, -0.25) is 0 Å². The lowest BCUT2D eigenvalue weighted by Crippen LogP contribution is -2.11. The van der Waals surface area contributed by atoms with Crippen LogP contribution in [0.15, 0.2) is 82.0 Å². The predicted octanol–water partition coefficient (Wildman–Crippen LogP) is 5.70. The Morgan fingerprint density at radius 2 is 1.58 bits per heavy atom. The Kier molecular flexibility index (Phi) is 6.19. The van der Waals surface area contributed by atoms with E-state index in [-0.39, 0.29) is 16.5 Å². The largest absolute Gasteiger partial charge is 0.238 e. The molecule has 31 heavy (non-hydrogen) atoms. The molecule has 0 spiro atoms. The molecule has 0 aliphatic heterocycles. The normalized spacial score (nSPS) is 11.6. The van der Waals surface area contributed by atoms with E-state index in [1.807, 2.05) is 6.07 Å². The second kappa shape index (κ2) is 8.88. The average Bonchev–Trinajstić information content (AvgIpc) is 3.17. The van der Waals surface area contributed by atoms with Crippen molar-refractivity contribution in [2.24, 2.45) is 5.14 Å². The third kappa shape index (κ3) is 5.19. The van der Waals surface area contributed by atoms with Crippen LogP contribution in [-0.4, -0.2) is 13.4 Å². The van der Waals surface area contributed by atoms with Crippen LogP contribution >= 0.6 is 23.1 Å². The Labute approximate surface area is 186 Å². The van der Waals surface area contributed by atoms with Gasteiger partial charge < -0.3 is 0 Å². The maximum Gasteiger partial charge on any atom is 0.238 e. The molecule has 0 aliphatic rings. The van der Waals surface area contributed by atoms with E-state index in [2.05, 4.69) is 0 Å². The van der Waals surface area contributed by atoms with E-state index in [0.29, 0.717) is 11.4 Å². The monoisotopic (exact) mass is 474 g/mol. The van der Waals surface area contributed by atoms with Gasteiger partial charge >= 0.3 is 0 Å². The minimum Gasteiger partial charge on any atom is -0.229 e. The van der Waals surface area contributed by atoms with E-state index in [1.165, 1.54) is 59.5 Å². The quantitative estimate of drug-likeness (QED) is 0.364. The molecule has 0 aliphatic carbocycles. The van der Waals surface area contributed by atoms with Crippen molar-refractivity contribution in [1.29, 1.82) is 0 Å². The number of nitrogens with two attached hydrogens (primary N) is 1. The molecule has 0 saturated carbocycles.